The smallest absolute Gasteiger partial charge is 0.261 e. The third kappa shape index (κ3) is 6.02. The van der Waals surface area contributed by atoms with Gasteiger partial charge in [0.15, 0.2) is 6.10 Å². The predicted octanol–water partition coefficient (Wildman–Crippen LogP) is 5.03. The average molecular weight is 370 g/mol. The Labute approximate surface area is 162 Å². The summed E-state index contributed by atoms with van der Waals surface area (Å²) < 4.78 is 11.2. The summed E-state index contributed by atoms with van der Waals surface area (Å²) in [7, 11) is 0. The Bertz CT molecular complexity index is 730. The van der Waals surface area contributed by atoms with Crippen LogP contribution >= 0.6 is 0 Å². The largest absolute Gasteiger partial charge is 0.494 e. The molecular formula is C23H31NO3. The lowest BCUT2D eigenvalue weighted by Gasteiger charge is -2.21. The monoisotopic (exact) mass is 369 g/mol. The summed E-state index contributed by atoms with van der Waals surface area (Å²) in [5, 5.41) is 3.00. The summed E-state index contributed by atoms with van der Waals surface area (Å²) in [6.07, 6.45) is -0.573. The maximum Gasteiger partial charge on any atom is 0.261 e. The molecule has 2 aromatic carbocycles. The number of carbonyl (C=O) groups is 1. The number of carbonyl (C=O) groups excluding carboxylic acids is 1. The van der Waals surface area contributed by atoms with Gasteiger partial charge in [-0.2, -0.15) is 0 Å². The van der Waals surface area contributed by atoms with E-state index in [0.29, 0.717) is 12.4 Å². The van der Waals surface area contributed by atoms with E-state index in [0.717, 1.165) is 11.3 Å². The minimum Gasteiger partial charge on any atom is -0.494 e. The van der Waals surface area contributed by atoms with Gasteiger partial charge >= 0.3 is 0 Å². The lowest BCUT2D eigenvalue weighted by Crippen LogP contribution is -2.37. The number of hydrogen-bond donors (Lipinski definition) is 1. The maximum absolute atomic E-state index is 12.5. The highest BCUT2D eigenvalue weighted by molar-refractivity contribution is 5.81. The highest BCUT2D eigenvalue weighted by atomic mass is 16.5. The van der Waals surface area contributed by atoms with Gasteiger partial charge in [0, 0.05) is 0 Å². The van der Waals surface area contributed by atoms with Gasteiger partial charge in [-0.15, -0.1) is 0 Å². The molecule has 0 aliphatic carbocycles. The summed E-state index contributed by atoms with van der Waals surface area (Å²) in [6, 6.07) is 15.6. The third-order valence-corrected chi connectivity index (χ3v) is 4.45. The summed E-state index contributed by atoms with van der Waals surface area (Å²) in [4.78, 5) is 12.5. The number of ether oxygens (including phenoxy) is 2. The summed E-state index contributed by atoms with van der Waals surface area (Å²) in [6.45, 7) is 12.8. The Kier molecular flexibility index (Phi) is 6.89. The lowest BCUT2D eigenvalue weighted by atomic mass is 9.87. The first-order valence-corrected chi connectivity index (χ1v) is 9.51. The normalized spacial score (nSPS) is 13.6. The molecule has 0 saturated heterocycles. The summed E-state index contributed by atoms with van der Waals surface area (Å²) >= 11 is 0. The third-order valence-electron chi connectivity index (χ3n) is 4.45. The van der Waals surface area contributed by atoms with Crippen LogP contribution in [-0.2, 0) is 10.2 Å². The molecule has 0 aliphatic heterocycles. The van der Waals surface area contributed by atoms with Crippen molar-refractivity contribution in [3.05, 3.63) is 59.7 Å². The van der Waals surface area contributed by atoms with Crippen molar-refractivity contribution in [3.8, 4) is 11.5 Å². The Morgan fingerprint density at radius 1 is 0.963 bits per heavy atom. The SMILES string of the molecule is CCOc1ccc([C@@H](C)NC(=O)[C@H](C)Oc2ccc(C(C)(C)C)cc2)cc1. The molecule has 2 rings (SSSR count). The van der Waals surface area contributed by atoms with E-state index >= 15 is 0 Å². The second kappa shape index (κ2) is 8.94. The topological polar surface area (TPSA) is 47.6 Å². The zero-order valence-corrected chi connectivity index (χ0v) is 17.2. The van der Waals surface area contributed by atoms with E-state index in [4.69, 9.17) is 9.47 Å². The van der Waals surface area contributed by atoms with Crippen molar-refractivity contribution in [1.29, 1.82) is 0 Å². The Morgan fingerprint density at radius 2 is 1.52 bits per heavy atom. The molecule has 0 aromatic heterocycles. The molecule has 0 radical (unpaired) electrons. The highest BCUT2D eigenvalue weighted by Crippen LogP contribution is 2.25. The second-order valence-corrected chi connectivity index (χ2v) is 7.77. The van der Waals surface area contributed by atoms with Crippen LogP contribution in [0.2, 0.25) is 0 Å². The van der Waals surface area contributed by atoms with E-state index in [1.807, 2.05) is 62.4 Å². The zero-order valence-electron chi connectivity index (χ0n) is 17.2. The van der Waals surface area contributed by atoms with Crippen LogP contribution in [0.15, 0.2) is 48.5 Å². The number of amides is 1. The molecule has 0 unspecified atom stereocenters. The molecule has 1 N–H and O–H groups in total. The molecule has 2 aromatic rings. The number of benzene rings is 2. The van der Waals surface area contributed by atoms with Gasteiger partial charge in [-0.1, -0.05) is 45.0 Å². The van der Waals surface area contributed by atoms with E-state index in [1.54, 1.807) is 6.92 Å². The van der Waals surface area contributed by atoms with Gasteiger partial charge in [-0.05, 0) is 61.6 Å². The van der Waals surface area contributed by atoms with Crippen LogP contribution in [0, 0.1) is 0 Å². The van der Waals surface area contributed by atoms with Gasteiger partial charge in [0.2, 0.25) is 0 Å². The number of hydrogen-bond acceptors (Lipinski definition) is 3. The van der Waals surface area contributed by atoms with Crippen LogP contribution in [-0.4, -0.2) is 18.6 Å². The van der Waals surface area contributed by atoms with Gasteiger partial charge in [0.25, 0.3) is 5.91 Å². The molecule has 0 saturated carbocycles. The van der Waals surface area contributed by atoms with Crippen LogP contribution < -0.4 is 14.8 Å². The van der Waals surface area contributed by atoms with E-state index in [-0.39, 0.29) is 17.4 Å². The second-order valence-electron chi connectivity index (χ2n) is 7.77. The Hall–Kier alpha value is -2.49. The van der Waals surface area contributed by atoms with Crippen LogP contribution in [0.25, 0.3) is 0 Å². The van der Waals surface area contributed by atoms with Crippen LogP contribution in [0.5, 0.6) is 11.5 Å². The molecule has 1 amide bonds. The molecule has 0 aliphatic rings. The van der Waals surface area contributed by atoms with Crippen LogP contribution in [0.3, 0.4) is 0 Å². The minimum absolute atomic E-state index is 0.0919. The lowest BCUT2D eigenvalue weighted by molar-refractivity contribution is -0.127. The molecule has 0 fully saturated rings. The van der Waals surface area contributed by atoms with Gasteiger partial charge in [0.05, 0.1) is 12.6 Å². The zero-order chi connectivity index (χ0) is 20.0. The average Bonchev–Trinajstić information content (AvgIpc) is 2.62. The first kappa shape index (κ1) is 20.8. The van der Waals surface area contributed by atoms with Crippen molar-refractivity contribution in [2.75, 3.05) is 6.61 Å². The van der Waals surface area contributed by atoms with Crippen molar-refractivity contribution in [3.63, 3.8) is 0 Å². The van der Waals surface area contributed by atoms with E-state index < -0.39 is 6.10 Å². The Balaban J connectivity index is 1.92. The first-order valence-electron chi connectivity index (χ1n) is 9.51. The van der Waals surface area contributed by atoms with E-state index in [2.05, 4.69) is 26.1 Å². The number of rotatable bonds is 7. The van der Waals surface area contributed by atoms with Crippen molar-refractivity contribution >= 4 is 5.91 Å². The quantitative estimate of drug-likeness (QED) is 0.745. The van der Waals surface area contributed by atoms with Gasteiger partial charge < -0.3 is 14.8 Å². The van der Waals surface area contributed by atoms with Crippen molar-refractivity contribution in [2.24, 2.45) is 0 Å². The van der Waals surface area contributed by atoms with E-state index in [1.165, 1.54) is 5.56 Å². The van der Waals surface area contributed by atoms with Gasteiger partial charge in [-0.3, -0.25) is 4.79 Å². The molecule has 0 bridgehead atoms. The van der Waals surface area contributed by atoms with Crippen LogP contribution in [0.1, 0.15) is 58.7 Å². The fraction of sp³-hybridized carbons (Fsp3) is 0.435. The summed E-state index contributed by atoms with van der Waals surface area (Å²) in [5.74, 6) is 1.38. The molecular weight excluding hydrogens is 338 g/mol. The molecule has 0 heterocycles. The maximum atomic E-state index is 12.5. The fourth-order valence-electron chi connectivity index (χ4n) is 2.72. The predicted molar refractivity (Wildman–Crippen MR) is 109 cm³/mol. The van der Waals surface area contributed by atoms with Crippen molar-refractivity contribution in [2.45, 2.75) is 59.1 Å². The molecule has 146 valence electrons. The van der Waals surface area contributed by atoms with Gasteiger partial charge in [-0.25, -0.2) is 0 Å². The highest BCUT2D eigenvalue weighted by Gasteiger charge is 2.19. The van der Waals surface area contributed by atoms with Gasteiger partial charge in [0.1, 0.15) is 11.5 Å². The summed E-state index contributed by atoms with van der Waals surface area (Å²) in [5.41, 5.74) is 2.35. The molecule has 4 nitrogen and oxygen atoms in total. The van der Waals surface area contributed by atoms with Crippen LogP contribution in [0.4, 0.5) is 0 Å². The minimum atomic E-state index is -0.573. The molecule has 4 heteroatoms. The Morgan fingerprint density at radius 3 is 2.04 bits per heavy atom. The van der Waals surface area contributed by atoms with E-state index in [9.17, 15) is 4.79 Å². The number of nitrogens with one attached hydrogen (secondary N) is 1. The van der Waals surface area contributed by atoms with Crippen molar-refractivity contribution in [1.82, 2.24) is 5.32 Å². The molecule has 27 heavy (non-hydrogen) atoms. The molecule has 2 atom stereocenters. The fourth-order valence-corrected chi connectivity index (χ4v) is 2.72. The first-order chi connectivity index (χ1) is 12.7. The van der Waals surface area contributed by atoms with Crippen molar-refractivity contribution < 1.29 is 14.3 Å². The standard InChI is InChI=1S/C23H31NO3/c1-7-26-20-12-8-18(9-13-20)16(2)24-22(25)17(3)27-21-14-10-19(11-15-21)23(4,5)6/h8-17H,7H2,1-6H3,(H,24,25)/t16-,17+/m1/s1. The molecule has 0 spiro atoms.